The van der Waals surface area contributed by atoms with Crippen LogP contribution in [-0.2, 0) is 6.61 Å². The molecule has 0 aromatic heterocycles. The van der Waals surface area contributed by atoms with Crippen molar-refractivity contribution in [3.8, 4) is 11.5 Å². The van der Waals surface area contributed by atoms with Crippen LogP contribution in [0.4, 0.5) is 4.39 Å². The molecule has 0 aliphatic carbocycles. The third-order valence-corrected chi connectivity index (χ3v) is 3.28. The number of aliphatic hydroxyl groups excluding tert-OH is 1. The summed E-state index contributed by atoms with van der Waals surface area (Å²) in [6.45, 7) is 1.76. The summed E-state index contributed by atoms with van der Waals surface area (Å²) < 4.78 is 24.1. The maximum absolute atomic E-state index is 13.2. The molecule has 2 aromatic carbocycles. The minimum Gasteiger partial charge on any atom is -0.496 e. The van der Waals surface area contributed by atoms with Crippen LogP contribution < -0.4 is 9.47 Å². The fourth-order valence-corrected chi connectivity index (χ4v) is 2.19. The lowest BCUT2D eigenvalue weighted by atomic mass is 10.1. The van der Waals surface area contributed by atoms with Crippen LogP contribution >= 0.6 is 11.6 Å². The van der Waals surface area contributed by atoms with Gasteiger partial charge in [-0.05, 0) is 43.3 Å². The van der Waals surface area contributed by atoms with Gasteiger partial charge in [0.05, 0.1) is 13.2 Å². The molecule has 0 amide bonds. The molecule has 0 aliphatic heterocycles. The Kier molecular flexibility index (Phi) is 5.04. The van der Waals surface area contributed by atoms with Gasteiger partial charge >= 0.3 is 0 Å². The molecule has 5 heteroatoms. The average molecular weight is 311 g/mol. The number of hydrogen-bond acceptors (Lipinski definition) is 3. The molecule has 0 bridgehead atoms. The van der Waals surface area contributed by atoms with Gasteiger partial charge in [0.15, 0.2) is 0 Å². The van der Waals surface area contributed by atoms with Crippen molar-refractivity contribution in [2.75, 3.05) is 7.11 Å². The minimum atomic E-state index is -0.822. The van der Waals surface area contributed by atoms with Gasteiger partial charge in [0.1, 0.15) is 23.9 Å². The highest BCUT2D eigenvalue weighted by Gasteiger charge is 2.12. The predicted molar refractivity (Wildman–Crippen MR) is 79.4 cm³/mol. The Morgan fingerprint density at radius 1 is 1.19 bits per heavy atom. The summed E-state index contributed by atoms with van der Waals surface area (Å²) in [5.41, 5.74) is 1.17. The minimum absolute atomic E-state index is 0.203. The van der Waals surface area contributed by atoms with Crippen LogP contribution in [0.25, 0.3) is 0 Å². The van der Waals surface area contributed by atoms with Crippen LogP contribution in [0.3, 0.4) is 0 Å². The summed E-state index contributed by atoms with van der Waals surface area (Å²) in [5.74, 6) is 0.659. The first-order chi connectivity index (χ1) is 10.0. The molecule has 2 rings (SSSR count). The van der Waals surface area contributed by atoms with Crippen LogP contribution in [-0.4, -0.2) is 12.2 Å². The summed E-state index contributed by atoms with van der Waals surface area (Å²) >= 11 is 5.96. The maximum atomic E-state index is 13.2. The van der Waals surface area contributed by atoms with Crippen molar-refractivity contribution in [2.45, 2.75) is 19.6 Å². The van der Waals surface area contributed by atoms with Crippen molar-refractivity contribution in [1.29, 1.82) is 0 Å². The van der Waals surface area contributed by atoms with Gasteiger partial charge in [0, 0.05) is 16.1 Å². The summed E-state index contributed by atoms with van der Waals surface area (Å²) in [4.78, 5) is 0. The quantitative estimate of drug-likeness (QED) is 0.903. The Morgan fingerprint density at radius 3 is 2.57 bits per heavy atom. The topological polar surface area (TPSA) is 38.7 Å². The molecule has 3 nitrogen and oxygen atoms in total. The van der Waals surface area contributed by atoms with E-state index in [1.165, 1.54) is 18.2 Å². The van der Waals surface area contributed by atoms with E-state index in [1.807, 2.05) is 0 Å². The van der Waals surface area contributed by atoms with E-state index in [2.05, 4.69) is 0 Å². The zero-order valence-corrected chi connectivity index (χ0v) is 12.5. The van der Waals surface area contributed by atoms with E-state index in [0.717, 1.165) is 5.56 Å². The van der Waals surface area contributed by atoms with E-state index in [1.54, 1.807) is 32.2 Å². The number of aliphatic hydroxyl groups is 1. The molecular formula is C16H16ClFO3. The Bertz CT molecular complexity index is 629. The molecule has 0 spiro atoms. The standard InChI is InChI=1S/C16H16ClFO3/c1-10(19)14-8-13(18)4-6-16(14)21-9-11-7-12(17)3-5-15(11)20-2/h3-8,10,19H,9H2,1-2H3/t10-/m1/s1. The van der Waals surface area contributed by atoms with Crippen LogP contribution in [0, 0.1) is 5.82 Å². The molecular weight excluding hydrogens is 295 g/mol. The first-order valence-electron chi connectivity index (χ1n) is 6.44. The van der Waals surface area contributed by atoms with E-state index in [0.29, 0.717) is 22.1 Å². The highest BCUT2D eigenvalue weighted by Crippen LogP contribution is 2.29. The van der Waals surface area contributed by atoms with Crippen molar-refractivity contribution in [3.63, 3.8) is 0 Å². The van der Waals surface area contributed by atoms with Crippen molar-refractivity contribution in [3.05, 3.63) is 58.4 Å². The lowest BCUT2D eigenvalue weighted by Gasteiger charge is -2.15. The van der Waals surface area contributed by atoms with Gasteiger partial charge in [-0.25, -0.2) is 4.39 Å². The average Bonchev–Trinajstić information content (AvgIpc) is 2.46. The molecule has 21 heavy (non-hydrogen) atoms. The molecule has 0 heterocycles. The molecule has 112 valence electrons. The summed E-state index contributed by atoms with van der Waals surface area (Å²) in [7, 11) is 1.56. The van der Waals surface area contributed by atoms with E-state index in [4.69, 9.17) is 21.1 Å². The van der Waals surface area contributed by atoms with E-state index in [-0.39, 0.29) is 6.61 Å². The van der Waals surface area contributed by atoms with Crippen molar-refractivity contribution < 1.29 is 19.0 Å². The van der Waals surface area contributed by atoms with Crippen molar-refractivity contribution >= 4 is 11.6 Å². The van der Waals surface area contributed by atoms with E-state index in [9.17, 15) is 9.50 Å². The lowest BCUT2D eigenvalue weighted by molar-refractivity contribution is 0.189. The third-order valence-electron chi connectivity index (χ3n) is 3.05. The number of benzene rings is 2. The van der Waals surface area contributed by atoms with Gasteiger partial charge in [-0.1, -0.05) is 11.6 Å². The largest absolute Gasteiger partial charge is 0.496 e. The van der Waals surface area contributed by atoms with Gasteiger partial charge in [-0.2, -0.15) is 0 Å². The fraction of sp³-hybridized carbons (Fsp3) is 0.250. The van der Waals surface area contributed by atoms with Gasteiger partial charge in [0.2, 0.25) is 0 Å². The molecule has 0 aliphatic rings. The monoisotopic (exact) mass is 310 g/mol. The number of methoxy groups -OCH3 is 1. The first-order valence-corrected chi connectivity index (χ1v) is 6.81. The summed E-state index contributed by atoms with van der Waals surface area (Å²) in [5, 5.41) is 10.3. The zero-order chi connectivity index (χ0) is 15.4. The molecule has 2 aromatic rings. The molecule has 0 fully saturated rings. The number of rotatable bonds is 5. The first kappa shape index (κ1) is 15.6. The SMILES string of the molecule is COc1ccc(Cl)cc1COc1ccc(F)cc1[C@@H](C)O. The molecule has 0 saturated carbocycles. The Hall–Kier alpha value is -1.78. The van der Waals surface area contributed by atoms with Gasteiger partial charge in [-0.15, -0.1) is 0 Å². The zero-order valence-electron chi connectivity index (χ0n) is 11.8. The summed E-state index contributed by atoms with van der Waals surface area (Å²) in [6, 6.07) is 9.26. The molecule has 0 saturated heterocycles. The second-order valence-corrected chi connectivity index (χ2v) is 5.04. The Labute approximate surface area is 127 Å². The maximum Gasteiger partial charge on any atom is 0.125 e. The van der Waals surface area contributed by atoms with Crippen molar-refractivity contribution in [1.82, 2.24) is 0 Å². The van der Waals surface area contributed by atoms with Gasteiger partial charge in [0.25, 0.3) is 0 Å². The highest BCUT2D eigenvalue weighted by atomic mass is 35.5. The van der Waals surface area contributed by atoms with Gasteiger partial charge in [-0.3, -0.25) is 0 Å². The summed E-state index contributed by atoms with van der Waals surface area (Å²) in [6.07, 6.45) is -0.822. The molecule has 0 radical (unpaired) electrons. The normalized spacial score (nSPS) is 12.0. The Balaban J connectivity index is 2.22. The predicted octanol–water partition coefficient (Wildman–Crippen LogP) is 4.12. The molecule has 1 atom stereocenters. The Morgan fingerprint density at radius 2 is 1.90 bits per heavy atom. The fourth-order valence-electron chi connectivity index (χ4n) is 1.99. The second-order valence-electron chi connectivity index (χ2n) is 4.60. The molecule has 1 N–H and O–H groups in total. The third kappa shape index (κ3) is 3.86. The van der Waals surface area contributed by atoms with E-state index < -0.39 is 11.9 Å². The van der Waals surface area contributed by atoms with Crippen LogP contribution in [0.15, 0.2) is 36.4 Å². The number of ether oxygens (including phenoxy) is 2. The number of halogens is 2. The van der Waals surface area contributed by atoms with Crippen LogP contribution in [0.2, 0.25) is 5.02 Å². The molecule has 0 unspecified atom stereocenters. The van der Waals surface area contributed by atoms with Gasteiger partial charge < -0.3 is 14.6 Å². The van der Waals surface area contributed by atoms with E-state index >= 15 is 0 Å². The number of hydrogen-bond donors (Lipinski definition) is 1. The van der Waals surface area contributed by atoms with Crippen LogP contribution in [0.5, 0.6) is 11.5 Å². The lowest BCUT2D eigenvalue weighted by Crippen LogP contribution is -2.03. The van der Waals surface area contributed by atoms with Crippen molar-refractivity contribution in [2.24, 2.45) is 0 Å². The highest BCUT2D eigenvalue weighted by molar-refractivity contribution is 6.30. The smallest absolute Gasteiger partial charge is 0.125 e. The van der Waals surface area contributed by atoms with Crippen LogP contribution in [0.1, 0.15) is 24.2 Å². The second kappa shape index (κ2) is 6.78.